The van der Waals surface area contributed by atoms with Crippen LogP contribution in [0.15, 0.2) is 53.4 Å². The van der Waals surface area contributed by atoms with Crippen LogP contribution in [0, 0.1) is 0 Å². The molecule has 1 aliphatic heterocycles. The summed E-state index contributed by atoms with van der Waals surface area (Å²) in [6.07, 6.45) is 1.16. The minimum absolute atomic E-state index is 0.331. The average molecular weight is 304 g/mol. The van der Waals surface area contributed by atoms with Crippen molar-refractivity contribution in [2.45, 2.75) is 29.5 Å². The van der Waals surface area contributed by atoms with Crippen molar-refractivity contribution >= 4 is 23.4 Å². The van der Waals surface area contributed by atoms with E-state index in [1.807, 2.05) is 30.0 Å². The lowest BCUT2D eigenvalue weighted by molar-refractivity contribution is 0.567. The molecule has 104 valence electrons. The van der Waals surface area contributed by atoms with Crippen LogP contribution in [0.2, 0.25) is 5.02 Å². The maximum Gasteiger partial charge on any atom is 0.0409 e. The number of rotatable bonds is 4. The van der Waals surface area contributed by atoms with Crippen LogP contribution in [0.5, 0.6) is 0 Å². The first-order chi connectivity index (χ1) is 9.72. The molecule has 1 heterocycles. The zero-order valence-electron chi connectivity index (χ0n) is 11.5. The molecule has 2 aromatic rings. The largest absolute Gasteiger partial charge is 0.309 e. The van der Waals surface area contributed by atoms with Crippen molar-refractivity contribution in [3.05, 3.63) is 64.7 Å². The van der Waals surface area contributed by atoms with Crippen LogP contribution >= 0.6 is 23.4 Å². The Morgan fingerprint density at radius 3 is 2.90 bits per heavy atom. The summed E-state index contributed by atoms with van der Waals surface area (Å²) in [5, 5.41) is 5.06. The Morgan fingerprint density at radius 1 is 1.25 bits per heavy atom. The lowest BCUT2D eigenvalue weighted by Gasteiger charge is -2.17. The molecule has 0 aliphatic carbocycles. The molecule has 0 saturated carbocycles. The van der Waals surface area contributed by atoms with Gasteiger partial charge < -0.3 is 5.32 Å². The molecule has 20 heavy (non-hydrogen) atoms. The Morgan fingerprint density at radius 2 is 2.10 bits per heavy atom. The van der Waals surface area contributed by atoms with E-state index in [1.54, 1.807) is 0 Å². The lowest BCUT2D eigenvalue weighted by atomic mass is 10.1. The first-order valence-electron chi connectivity index (χ1n) is 6.96. The van der Waals surface area contributed by atoms with Gasteiger partial charge in [-0.3, -0.25) is 0 Å². The van der Waals surface area contributed by atoms with Gasteiger partial charge >= 0.3 is 0 Å². The van der Waals surface area contributed by atoms with Crippen molar-refractivity contribution in [3.8, 4) is 0 Å². The molecule has 2 aromatic carbocycles. The van der Waals surface area contributed by atoms with Gasteiger partial charge in [-0.25, -0.2) is 0 Å². The summed E-state index contributed by atoms with van der Waals surface area (Å²) in [4.78, 5) is 1.44. The van der Waals surface area contributed by atoms with Crippen LogP contribution in [0.1, 0.15) is 24.1 Å². The van der Waals surface area contributed by atoms with Crippen molar-refractivity contribution in [1.29, 1.82) is 0 Å². The molecule has 1 nitrogen and oxygen atoms in total. The summed E-state index contributed by atoms with van der Waals surface area (Å²) in [5.41, 5.74) is 2.73. The molecule has 3 heteroatoms. The van der Waals surface area contributed by atoms with Crippen LogP contribution < -0.4 is 5.32 Å². The zero-order chi connectivity index (χ0) is 13.9. The number of halogens is 1. The molecule has 0 aromatic heterocycles. The molecule has 1 N–H and O–H groups in total. The predicted octanol–water partition coefficient (Wildman–Crippen LogP) is 4.71. The van der Waals surface area contributed by atoms with Crippen molar-refractivity contribution in [3.63, 3.8) is 0 Å². The van der Waals surface area contributed by atoms with Gasteiger partial charge in [0.25, 0.3) is 0 Å². The van der Waals surface area contributed by atoms with E-state index >= 15 is 0 Å². The minimum Gasteiger partial charge on any atom is -0.309 e. The fraction of sp³-hybridized carbons (Fsp3) is 0.294. The highest BCUT2D eigenvalue weighted by atomic mass is 35.5. The van der Waals surface area contributed by atoms with E-state index in [-0.39, 0.29) is 0 Å². The van der Waals surface area contributed by atoms with E-state index in [9.17, 15) is 0 Å². The van der Waals surface area contributed by atoms with Gasteiger partial charge in [-0.1, -0.05) is 41.9 Å². The fourth-order valence-electron chi connectivity index (χ4n) is 2.57. The Hall–Kier alpha value is -0.960. The second-order valence-electron chi connectivity index (χ2n) is 5.24. The first kappa shape index (κ1) is 14.0. The van der Waals surface area contributed by atoms with E-state index in [0.717, 1.165) is 18.0 Å². The van der Waals surface area contributed by atoms with Crippen LogP contribution in [-0.2, 0) is 6.42 Å². The SMILES string of the molecule is C[C@H](NCC1Cc2ccccc2S1)c1cccc(Cl)c1. The van der Waals surface area contributed by atoms with E-state index in [0.29, 0.717) is 11.3 Å². The number of benzene rings is 2. The second kappa shape index (κ2) is 6.21. The van der Waals surface area contributed by atoms with E-state index in [2.05, 4.69) is 42.6 Å². The maximum atomic E-state index is 6.05. The third-order valence-electron chi connectivity index (χ3n) is 3.71. The van der Waals surface area contributed by atoms with E-state index in [1.165, 1.54) is 16.0 Å². The van der Waals surface area contributed by atoms with Crippen molar-refractivity contribution in [2.24, 2.45) is 0 Å². The van der Waals surface area contributed by atoms with Crippen molar-refractivity contribution in [2.75, 3.05) is 6.54 Å². The summed E-state index contributed by atoms with van der Waals surface area (Å²) in [6, 6.07) is 17.1. The van der Waals surface area contributed by atoms with Crippen molar-refractivity contribution < 1.29 is 0 Å². The molecular weight excluding hydrogens is 286 g/mol. The first-order valence-corrected chi connectivity index (χ1v) is 8.21. The summed E-state index contributed by atoms with van der Waals surface area (Å²) < 4.78 is 0. The second-order valence-corrected chi connectivity index (χ2v) is 7.02. The predicted molar refractivity (Wildman–Crippen MR) is 87.7 cm³/mol. The quantitative estimate of drug-likeness (QED) is 0.878. The molecule has 0 bridgehead atoms. The van der Waals surface area contributed by atoms with Crippen LogP contribution in [0.25, 0.3) is 0 Å². The molecule has 0 spiro atoms. The normalized spacial score (nSPS) is 18.8. The van der Waals surface area contributed by atoms with Gasteiger partial charge in [-0.2, -0.15) is 0 Å². The number of thioether (sulfide) groups is 1. The van der Waals surface area contributed by atoms with E-state index < -0.39 is 0 Å². The standard InChI is InChI=1S/C17H18ClNS/c1-12(13-6-4-7-15(18)9-13)19-11-16-10-14-5-2-3-8-17(14)20-16/h2-9,12,16,19H,10-11H2,1H3/t12-,16?/m0/s1. The molecule has 0 fully saturated rings. The molecule has 1 unspecified atom stereocenters. The highest BCUT2D eigenvalue weighted by molar-refractivity contribution is 8.00. The number of fused-ring (bicyclic) bond motifs is 1. The van der Waals surface area contributed by atoms with Gasteiger partial charge in [-0.15, -0.1) is 11.8 Å². The molecular formula is C17H18ClNS. The topological polar surface area (TPSA) is 12.0 Å². The van der Waals surface area contributed by atoms with Gasteiger partial charge in [-0.05, 0) is 42.7 Å². The van der Waals surface area contributed by atoms with Gasteiger partial charge in [0.05, 0.1) is 0 Å². The molecule has 3 rings (SSSR count). The monoisotopic (exact) mass is 303 g/mol. The van der Waals surface area contributed by atoms with Gasteiger partial charge in [0, 0.05) is 27.8 Å². The fourth-order valence-corrected chi connectivity index (χ4v) is 4.03. The number of hydrogen-bond acceptors (Lipinski definition) is 2. The molecule has 0 radical (unpaired) electrons. The average Bonchev–Trinajstić information content (AvgIpc) is 2.87. The highest BCUT2D eigenvalue weighted by Crippen LogP contribution is 2.36. The van der Waals surface area contributed by atoms with Crippen LogP contribution in [-0.4, -0.2) is 11.8 Å². The smallest absolute Gasteiger partial charge is 0.0409 e. The molecule has 0 saturated heterocycles. The Bertz CT molecular complexity index is 574. The summed E-state index contributed by atoms with van der Waals surface area (Å²) >= 11 is 8.03. The molecule has 0 amide bonds. The van der Waals surface area contributed by atoms with Crippen molar-refractivity contribution in [1.82, 2.24) is 5.32 Å². The zero-order valence-corrected chi connectivity index (χ0v) is 13.0. The summed E-state index contributed by atoms with van der Waals surface area (Å²) in [7, 11) is 0. The highest BCUT2D eigenvalue weighted by Gasteiger charge is 2.21. The van der Waals surface area contributed by atoms with Gasteiger partial charge in [0.15, 0.2) is 0 Å². The third-order valence-corrected chi connectivity index (χ3v) is 5.27. The van der Waals surface area contributed by atoms with Gasteiger partial charge in [0.1, 0.15) is 0 Å². The van der Waals surface area contributed by atoms with Gasteiger partial charge in [0.2, 0.25) is 0 Å². The lowest BCUT2D eigenvalue weighted by Crippen LogP contribution is -2.27. The third kappa shape index (κ3) is 3.20. The molecule has 2 atom stereocenters. The summed E-state index contributed by atoms with van der Waals surface area (Å²) in [6.45, 7) is 3.21. The maximum absolute atomic E-state index is 6.05. The Kier molecular flexibility index (Phi) is 4.35. The van der Waals surface area contributed by atoms with Crippen LogP contribution in [0.4, 0.5) is 0 Å². The Balaban J connectivity index is 1.56. The Labute approximate surface area is 129 Å². The number of nitrogens with one attached hydrogen (secondary N) is 1. The number of hydrogen-bond donors (Lipinski definition) is 1. The van der Waals surface area contributed by atoms with Crippen LogP contribution in [0.3, 0.4) is 0 Å². The summed E-state index contributed by atoms with van der Waals surface area (Å²) in [5.74, 6) is 0. The minimum atomic E-state index is 0.331. The van der Waals surface area contributed by atoms with E-state index in [4.69, 9.17) is 11.6 Å². The molecule has 1 aliphatic rings.